The van der Waals surface area contributed by atoms with Crippen molar-refractivity contribution in [1.29, 1.82) is 0 Å². The summed E-state index contributed by atoms with van der Waals surface area (Å²) in [5.41, 5.74) is 4.24. The summed E-state index contributed by atoms with van der Waals surface area (Å²) >= 11 is 5.10. The average molecular weight is 334 g/mol. The highest BCUT2D eigenvalue weighted by molar-refractivity contribution is 9.10. The Morgan fingerprint density at radius 3 is 2.58 bits per heavy atom. The van der Waals surface area contributed by atoms with Gasteiger partial charge in [0.15, 0.2) is 0 Å². The topological polar surface area (TPSA) is 30.7 Å². The number of benzene rings is 1. The number of aromatic nitrogens is 3. The van der Waals surface area contributed by atoms with Crippen molar-refractivity contribution in [2.24, 2.45) is 7.05 Å². The second-order valence-electron chi connectivity index (χ2n) is 4.35. The van der Waals surface area contributed by atoms with Crippen molar-refractivity contribution in [3.63, 3.8) is 0 Å². The van der Waals surface area contributed by atoms with Gasteiger partial charge in [-0.05, 0) is 19.1 Å². The lowest BCUT2D eigenvalue weighted by Crippen LogP contribution is -1.86. The lowest BCUT2D eigenvalue weighted by atomic mass is 10.2. The van der Waals surface area contributed by atoms with Gasteiger partial charge in [0.25, 0.3) is 0 Å². The predicted octanol–water partition coefficient (Wildman–Crippen LogP) is 4.28. The molecule has 0 aliphatic carbocycles. The van der Waals surface area contributed by atoms with Crippen LogP contribution in [0.2, 0.25) is 0 Å². The monoisotopic (exact) mass is 333 g/mol. The normalized spacial score (nSPS) is 10.9. The molecule has 0 aliphatic heterocycles. The summed E-state index contributed by atoms with van der Waals surface area (Å²) in [6, 6.07) is 8.21. The van der Waals surface area contributed by atoms with Gasteiger partial charge in [-0.1, -0.05) is 28.1 Å². The van der Waals surface area contributed by atoms with Crippen molar-refractivity contribution >= 4 is 27.3 Å². The van der Waals surface area contributed by atoms with E-state index in [2.05, 4.69) is 38.5 Å². The highest BCUT2D eigenvalue weighted by Crippen LogP contribution is 2.30. The van der Waals surface area contributed by atoms with Crippen molar-refractivity contribution in [3.8, 4) is 21.8 Å². The molecule has 0 fully saturated rings. The summed E-state index contributed by atoms with van der Waals surface area (Å²) in [6.45, 7) is 2.01. The van der Waals surface area contributed by atoms with Crippen molar-refractivity contribution in [2.75, 3.05) is 0 Å². The molecule has 0 atom stereocenters. The minimum atomic E-state index is 0.994. The zero-order valence-electron chi connectivity index (χ0n) is 10.6. The average Bonchev–Trinajstić information content (AvgIpc) is 2.97. The molecule has 0 bridgehead atoms. The molecule has 0 saturated heterocycles. The van der Waals surface area contributed by atoms with E-state index in [0.29, 0.717) is 0 Å². The van der Waals surface area contributed by atoms with E-state index < -0.39 is 0 Å². The molecule has 0 aliphatic rings. The third-order valence-corrected chi connectivity index (χ3v) is 4.30. The molecule has 96 valence electrons. The Bertz CT molecular complexity index is 713. The van der Waals surface area contributed by atoms with Gasteiger partial charge in [-0.3, -0.25) is 4.68 Å². The minimum absolute atomic E-state index is 0.994. The lowest BCUT2D eigenvalue weighted by Gasteiger charge is -1.96. The predicted molar refractivity (Wildman–Crippen MR) is 82.2 cm³/mol. The molecule has 2 heterocycles. The van der Waals surface area contributed by atoms with E-state index in [9.17, 15) is 0 Å². The number of aryl methyl sites for hydroxylation is 2. The second kappa shape index (κ2) is 4.90. The van der Waals surface area contributed by atoms with Gasteiger partial charge >= 0.3 is 0 Å². The molecule has 19 heavy (non-hydrogen) atoms. The Morgan fingerprint density at radius 1 is 1.21 bits per heavy atom. The Labute approximate surface area is 124 Å². The molecule has 0 unspecified atom stereocenters. The largest absolute Gasteiger partial charge is 0.275 e. The van der Waals surface area contributed by atoms with E-state index >= 15 is 0 Å². The van der Waals surface area contributed by atoms with Crippen molar-refractivity contribution in [3.05, 3.63) is 46.0 Å². The zero-order chi connectivity index (χ0) is 13.4. The van der Waals surface area contributed by atoms with Gasteiger partial charge in [-0.25, -0.2) is 4.98 Å². The number of hydrogen-bond donors (Lipinski definition) is 0. The summed E-state index contributed by atoms with van der Waals surface area (Å²) in [5.74, 6) is 0. The molecule has 0 spiro atoms. The van der Waals surface area contributed by atoms with Crippen LogP contribution >= 0.6 is 27.3 Å². The summed E-state index contributed by atoms with van der Waals surface area (Å²) in [5, 5.41) is 7.47. The molecule has 3 aromatic rings. The second-order valence-corrected chi connectivity index (χ2v) is 6.12. The van der Waals surface area contributed by atoms with E-state index in [0.717, 1.165) is 32.0 Å². The molecular weight excluding hydrogens is 322 g/mol. The summed E-state index contributed by atoms with van der Waals surface area (Å²) in [4.78, 5) is 4.70. The Morgan fingerprint density at radius 2 is 1.95 bits per heavy atom. The molecule has 2 aromatic heterocycles. The van der Waals surface area contributed by atoms with Crippen molar-refractivity contribution in [2.45, 2.75) is 6.92 Å². The molecule has 1 aromatic carbocycles. The summed E-state index contributed by atoms with van der Waals surface area (Å²) in [7, 11) is 1.93. The van der Waals surface area contributed by atoms with Gasteiger partial charge in [0.2, 0.25) is 0 Å². The molecule has 0 amide bonds. The van der Waals surface area contributed by atoms with Crippen LogP contribution in [0.4, 0.5) is 0 Å². The number of thiazole rings is 1. The van der Waals surface area contributed by atoms with E-state index in [1.165, 1.54) is 0 Å². The van der Waals surface area contributed by atoms with E-state index in [1.54, 1.807) is 11.3 Å². The number of rotatable bonds is 2. The van der Waals surface area contributed by atoms with Crippen LogP contribution in [-0.4, -0.2) is 14.8 Å². The Hall–Kier alpha value is -1.46. The fourth-order valence-electron chi connectivity index (χ4n) is 1.97. The first kappa shape index (κ1) is 12.6. The molecule has 3 nitrogen and oxygen atoms in total. The van der Waals surface area contributed by atoms with Crippen LogP contribution < -0.4 is 0 Å². The van der Waals surface area contributed by atoms with Crippen LogP contribution in [0, 0.1) is 6.92 Å². The van der Waals surface area contributed by atoms with Crippen LogP contribution in [0.3, 0.4) is 0 Å². The maximum Gasteiger partial charge on any atom is 0.124 e. The lowest BCUT2D eigenvalue weighted by molar-refractivity contribution is 0.756. The fraction of sp³-hybridized carbons (Fsp3) is 0.143. The quantitative estimate of drug-likeness (QED) is 0.700. The van der Waals surface area contributed by atoms with Gasteiger partial charge in [0.1, 0.15) is 5.01 Å². The van der Waals surface area contributed by atoms with Gasteiger partial charge in [-0.2, -0.15) is 5.10 Å². The fourth-order valence-corrected chi connectivity index (χ4v) is 3.06. The van der Waals surface area contributed by atoms with Gasteiger partial charge < -0.3 is 0 Å². The maximum absolute atomic E-state index is 4.70. The third-order valence-electron chi connectivity index (χ3n) is 2.88. The smallest absolute Gasteiger partial charge is 0.124 e. The standard InChI is InChI=1S/C14H12BrN3S/c1-9-12(7-18(2)17-9)13-8-19-14(16-13)10-3-5-11(15)6-4-10/h3-8H,1-2H3. The highest BCUT2D eigenvalue weighted by Gasteiger charge is 2.11. The number of halogens is 1. The van der Waals surface area contributed by atoms with Crippen LogP contribution in [0.25, 0.3) is 21.8 Å². The third kappa shape index (κ3) is 2.48. The molecule has 0 radical (unpaired) electrons. The van der Waals surface area contributed by atoms with Crippen LogP contribution in [0.15, 0.2) is 40.3 Å². The van der Waals surface area contributed by atoms with Crippen LogP contribution in [0.1, 0.15) is 5.69 Å². The highest BCUT2D eigenvalue weighted by atomic mass is 79.9. The number of nitrogens with zero attached hydrogens (tertiary/aromatic N) is 3. The van der Waals surface area contributed by atoms with Gasteiger partial charge in [-0.15, -0.1) is 11.3 Å². The van der Waals surface area contributed by atoms with Crippen LogP contribution in [0.5, 0.6) is 0 Å². The first-order valence-electron chi connectivity index (χ1n) is 5.85. The van der Waals surface area contributed by atoms with E-state index in [1.807, 2.05) is 37.0 Å². The molecule has 0 N–H and O–H groups in total. The first-order chi connectivity index (χ1) is 9.13. The first-order valence-corrected chi connectivity index (χ1v) is 7.53. The Balaban J connectivity index is 1.99. The molecular formula is C14H12BrN3S. The molecule has 3 rings (SSSR count). The van der Waals surface area contributed by atoms with Crippen molar-refractivity contribution < 1.29 is 0 Å². The number of hydrogen-bond acceptors (Lipinski definition) is 3. The van der Waals surface area contributed by atoms with Gasteiger partial charge in [0, 0.05) is 34.2 Å². The zero-order valence-corrected chi connectivity index (χ0v) is 13.0. The summed E-state index contributed by atoms with van der Waals surface area (Å²) in [6.07, 6.45) is 2.01. The minimum Gasteiger partial charge on any atom is -0.275 e. The van der Waals surface area contributed by atoms with Crippen LogP contribution in [-0.2, 0) is 7.05 Å². The summed E-state index contributed by atoms with van der Waals surface area (Å²) < 4.78 is 2.90. The van der Waals surface area contributed by atoms with E-state index in [4.69, 9.17) is 4.98 Å². The SMILES string of the molecule is Cc1nn(C)cc1-c1csc(-c2ccc(Br)cc2)n1. The van der Waals surface area contributed by atoms with E-state index in [-0.39, 0.29) is 0 Å². The molecule has 5 heteroatoms. The van der Waals surface area contributed by atoms with Gasteiger partial charge in [0.05, 0.1) is 11.4 Å². The maximum atomic E-state index is 4.70. The Kier molecular flexibility index (Phi) is 3.24. The molecule has 0 saturated carbocycles. The van der Waals surface area contributed by atoms with Crippen molar-refractivity contribution in [1.82, 2.24) is 14.8 Å².